The second-order valence-corrected chi connectivity index (χ2v) is 4.37. The van der Waals surface area contributed by atoms with Gasteiger partial charge in [0.15, 0.2) is 0 Å². The fourth-order valence-electron chi connectivity index (χ4n) is 1.32. The number of amidine groups is 1. The Bertz CT molecular complexity index is 564. The minimum Gasteiger partial charge on any atom is -0.456 e. The van der Waals surface area contributed by atoms with Crippen LogP contribution < -0.4 is 10.5 Å². The second-order valence-electron chi connectivity index (χ2n) is 3.50. The van der Waals surface area contributed by atoms with Gasteiger partial charge in [0.1, 0.15) is 23.0 Å². The lowest BCUT2D eigenvalue weighted by Gasteiger charge is -2.06. The van der Waals surface area contributed by atoms with Gasteiger partial charge in [-0.2, -0.15) is 0 Å². The summed E-state index contributed by atoms with van der Waals surface area (Å²) >= 11 is 11.7. The maximum Gasteiger partial charge on any atom is 0.145 e. The smallest absolute Gasteiger partial charge is 0.145 e. The van der Waals surface area contributed by atoms with Crippen molar-refractivity contribution in [3.63, 3.8) is 0 Å². The summed E-state index contributed by atoms with van der Waals surface area (Å²) in [5.41, 5.74) is 5.70. The number of nitrogen functional groups attached to an aromatic ring is 1. The van der Waals surface area contributed by atoms with E-state index in [2.05, 4.69) is 4.98 Å². The van der Waals surface area contributed by atoms with Crippen LogP contribution in [-0.2, 0) is 0 Å². The molecular formula is C12H9Cl2N3O. The van der Waals surface area contributed by atoms with Gasteiger partial charge in [-0.3, -0.25) is 5.41 Å². The summed E-state index contributed by atoms with van der Waals surface area (Å²) < 4.78 is 5.53. The summed E-state index contributed by atoms with van der Waals surface area (Å²) in [5.74, 6) is 0.940. The molecule has 0 aliphatic rings. The summed E-state index contributed by atoms with van der Waals surface area (Å²) in [4.78, 5) is 3.98. The molecule has 3 N–H and O–H groups in total. The van der Waals surface area contributed by atoms with E-state index in [9.17, 15) is 0 Å². The Balaban J connectivity index is 2.20. The maximum absolute atomic E-state index is 7.22. The summed E-state index contributed by atoms with van der Waals surface area (Å²) in [7, 11) is 0. The second kappa shape index (κ2) is 5.25. The SMILES string of the molecule is N=C(N)c1ccc(Oc2cc(Cl)cc(Cl)c2)cn1. The molecule has 0 atom stereocenters. The van der Waals surface area contributed by atoms with E-state index in [1.807, 2.05) is 0 Å². The van der Waals surface area contributed by atoms with E-state index in [4.69, 9.17) is 39.1 Å². The van der Waals surface area contributed by atoms with Crippen LogP contribution in [0.5, 0.6) is 11.5 Å². The summed E-state index contributed by atoms with van der Waals surface area (Å²) in [6.07, 6.45) is 1.48. The first-order valence-corrected chi connectivity index (χ1v) is 5.74. The van der Waals surface area contributed by atoms with Crippen LogP contribution in [0.25, 0.3) is 0 Å². The van der Waals surface area contributed by atoms with Gasteiger partial charge in [0, 0.05) is 10.0 Å². The van der Waals surface area contributed by atoms with E-state index in [1.165, 1.54) is 6.20 Å². The third-order valence-electron chi connectivity index (χ3n) is 2.08. The average Bonchev–Trinajstić information content (AvgIpc) is 2.28. The van der Waals surface area contributed by atoms with Crippen LogP contribution in [0.1, 0.15) is 5.69 Å². The predicted molar refractivity (Wildman–Crippen MR) is 71.8 cm³/mol. The third kappa shape index (κ3) is 3.12. The number of aromatic nitrogens is 1. The minimum absolute atomic E-state index is 0.0904. The van der Waals surface area contributed by atoms with Gasteiger partial charge in [-0.15, -0.1) is 0 Å². The van der Waals surface area contributed by atoms with Crippen molar-refractivity contribution in [1.29, 1.82) is 5.41 Å². The number of ether oxygens (including phenoxy) is 1. The fraction of sp³-hybridized carbons (Fsp3) is 0. The van der Waals surface area contributed by atoms with Crippen LogP contribution in [0.3, 0.4) is 0 Å². The first kappa shape index (κ1) is 12.7. The average molecular weight is 282 g/mol. The molecule has 92 valence electrons. The summed E-state index contributed by atoms with van der Waals surface area (Å²) in [5, 5.41) is 8.21. The zero-order chi connectivity index (χ0) is 13.1. The van der Waals surface area contributed by atoms with Crippen molar-refractivity contribution in [3.8, 4) is 11.5 Å². The number of hydrogen-bond acceptors (Lipinski definition) is 3. The highest BCUT2D eigenvalue weighted by Gasteiger charge is 2.03. The first-order chi connectivity index (χ1) is 8.54. The number of rotatable bonds is 3. The van der Waals surface area contributed by atoms with E-state index in [-0.39, 0.29) is 5.84 Å². The van der Waals surface area contributed by atoms with E-state index in [0.29, 0.717) is 27.2 Å². The van der Waals surface area contributed by atoms with Gasteiger partial charge in [0.05, 0.1) is 6.20 Å². The van der Waals surface area contributed by atoms with Crippen LogP contribution in [0.15, 0.2) is 36.5 Å². The predicted octanol–water partition coefficient (Wildman–Crippen LogP) is 3.46. The van der Waals surface area contributed by atoms with Gasteiger partial charge in [-0.1, -0.05) is 23.2 Å². The van der Waals surface area contributed by atoms with Crippen LogP contribution in [0, 0.1) is 5.41 Å². The lowest BCUT2D eigenvalue weighted by Crippen LogP contribution is -2.12. The van der Waals surface area contributed by atoms with Crippen LogP contribution in [-0.4, -0.2) is 10.8 Å². The van der Waals surface area contributed by atoms with Crippen molar-refractivity contribution in [2.45, 2.75) is 0 Å². The highest BCUT2D eigenvalue weighted by Crippen LogP contribution is 2.27. The van der Waals surface area contributed by atoms with Crippen molar-refractivity contribution in [3.05, 3.63) is 52.3 Å². The van der Waals surface area contributed by atoms with Crippen molar-refractivity contribution in [2.24, 2.45) is 5.73 Å². The molecule has 0 aliphatic heterocycles. The summed E-state index contributed by atoms with van der Waals surface area (Å²) in [6, 6.07) is 8.17. The number of benzene rings is 1. The molecule has 18 heavy (non-hydrogen) atoms. The molecule has 2 rings (SSSR count). The van der Waals surface area contributed by atoms with Gasteiger partial charge in [0.2, 0.25) is 0 Å². The highest BCUT2D eigenvalue weighted by atomic mass is 35.5. The monoisotopic (exact) mass is 281 g/mol. The van der Waals surface area contributed by atoms with Gasteiger partial charge in [0.25, 0.3) is 0 Å². The van der Waals surface area contributed by atoms with Gasteiger partial charge >= 0.3 is 0 Å². The maximum atomic E-state index is 7.22. The number of nitrogens with one attached hydrogen (secondary N) is 1. The van der Waals surface area contributed by atoms with Crippen molar-refractivity contribution in [1.82, 2.24) is 4.98 Å². The number of nitrogens with two attached hydrogens (primary N) is 1. The molecular weight excluding hydrogens is 273 g/mol. The molecule has 4 nitrogen and oxygen atoms in total. The van der Waals surface area contributed by atoms with E-state index < -0.39 is 0 Å². The molecule has 2 aromatic rings. The van der Waals surface area contributed by atoms with Gasteiger partial charge < -0.3 is 10.5 Å². The molecule has 1 aromatic heterocycles. The lowest BCUT2D eigenvalue weighted by molar-refractivity contribution is 0.480. The van der Waals surface area contributed by atoms with E-state index in [0.717, 1.165) is 0 Å². The Hall–Kier alpha value is -1.78. The van der Waals surface area contributed by atoms with E-state index >= 15 is 0 Å². The first-order valence-electron chi connectivity index (χ1n) is 4.99. The molecule has 0 bridgehead atoms. The Morgan fingerprint density at radius 1 is 1.11 bits per heavy atom. The van der Waals surface area contributed by atoms with Crippen molar-refractivity contribution >= 4 is 29.0 Å². The molecule has 0 saturated heterocycles. The van der Waals surface area contributed by atoms with Crippen LogP contribution in [0.4, 0.5) is 0 Å². The molecule has 0 saturated carbocycles. The summed E-state index contributed by atoms with van der Waals surface area (Å²) in [6.45, 7) is 0. The Labute approximate surface area is 114 Å². The van der Waals surface area contributed by atoms with Gasteiger partial charge in [-0.25, -0.2) is 4.98 Å². The minimum atomic E-state index is -0.0904. The molecule has 0 radical (unpaired) electrons. The highest BCUT2D eigenvalue weighted by molar-refractivity contribution is 6.34. The van der Waals surface area contributed by atoms with Gasteiger partial charge in [-0.05, 0) is 30.3 Å². The molecule has 1 heterocycles. The van der Waals surface area contributed by atoms with Crippen LogP contribution in [0.2, 0.25) is 10.0 Å². The molecule has 0 fully saturated rings. The molecule has 0 amide bonds. The zero-order valence-corrected chi connectivity index (χ0v) is 10.7. The Morgan fingerprint density at radius 2 is 1.78 bits per heavy atom. The Kier molecular flexibility index (Phi) is 3.69. The largest absolute Gasteiger partial charge is 0.456 e. The van der Waals surface area contributed by atoms with Crippen LogP contribution >= 0.6 is 23.2 Å². The fourth-order valence-corrected chi connectivity index (χ4v) is 1.83. The molecule has 6 heteroatoms. The topological polar surface area (TPSA) is 72.0 Å². The third-order valence-corrected chi connectivity index (χ3v) is 2.52. The number of nitrogens with zero attached hydrogens (tertiary/aromatic N) is 1. The normalized spacial score (nSPS) is 10.1. The number of halogens is 2. The molecule has 1 aromatic carbocycles. The Morgan fingerprint density at radius 3 is 2.28 bits per heavy atom. The molecule has 0 spiro atoms. The zero-order valence-electron chi connectivity index (χ0n) is 9.15. The van der Waals surface area contributed by atoms with Crippen molar-refractivity contribution < 1.29 is 4.74 Å². The van der Waals surface area contributed by atoms with Crippen molar-refractivity contribution in [2.75, 3.05) is 0 Å². The lowest BCUT2D eigenvalue weighted by atomic mass is 10.3. The number of pyridine rings is 1. The molecule has 0 unspecified atom stereocenters. The standard InChI is InChI=1S/C12H9Cl2N3O/c13-7-3-8(14)5-10(4-7)18-9-1-2-11(12(15)16)17-6-9/h1-6H,(H3,15,16). The quantitative estimate of drug-likeness (QED) is 0.668. The molecule has 0 aliphatic carbocycles. The van der Waals surface area contributed by atoms with E-state index in [1.54, 1.807) is 30.3 Å². The number of hydrogen-bond donors (Lipinski definition) is 2.